The van der Waals surface area contributed by atoms with Crippen LogP contribution in [-0.2, 0) is 11.9 Å². The minimum absolute atomic E-state index is 0.0525. The van der Waals surface area contributed by atoms with E-state index >= 15 is 0 Å². The molecule has 0 spiro atoms. The van der Waals surface area contributed by atoms with Crippen molar-refractivity contribution < 1.29 is 22.3 Å². The fourth-order valence-electron chi connectivity index (χ4n) is 2.23. The molecule has 0 aliphatic rings. The number of aromatic nitrogens is 2. The van der Waals surface area contributed by atoms with Crippen LogP contribution in [0.25, 0.3) is 0 Å². The van der Waals surface area contributed by atoms with Crippen molar-refractivity contribution in [3.63, 3.8) is 0 Å². The molecule has 0 radical (unpaired) electrons. The summed E-state index contributed by atoms with van der Waals surface area (Å²) in [6.45, 7) is 1.92. The largest absolute Gasteiger partial charge is 0.439 e. The Morgan fingerprint density at radius 3 is 2.48 bits per heavy atom. The summed E-state index contributed by atoms with van der Waals surface area (Å²) in [7, 11) is 0. The van der Waals surface area contributed by atoms with Crippen molar-refractivity contribution in [3.05, 3.63) is 77.2 Å². The molecule has 1 heterocycles. The lowest BCUT2D eigenvalue weighted by molar-refractivity contribution is -0.141. The first kappa shape index (κ1) is 19.2. The number of benzene rings is 2. The molecule has 0 bridgehead atoms. The molecule has 2 aromatic carbocycles. The third-order valence-electron chi connectivity index (χ3n) is 3.61. The Kier molecular flexibility index (Phi) is 5.65. The van der Waals surface area contributed by atoms with Gasteiger partial charge in [0.05, 0.1) is 0 Å². The van der Waals surface area contributed by atoms with Gasteiger partial charge in [-0.15, -0.1) is 0 Å². The summed E-state index contributed by atoms with van der Waals surface area (Å²) in [5.41, 5.74) is 0.875. The number of aryl methyl sites for hydroxylation is 1. The van der Waals surface area contributed by atoms with Crippen LogP contribution in [0.4, 0.5) is 17.6 Å². The predicted molar refractivity (Wildman–Crippen MR) is 94.2 cm³/mol. The Bertz CT molecular complexity index is 947. The molecule has 27 heavy (non-hydrogen) atoms. The first-order chi connectivity index (χ1) is 12.8. The van der Waals surface area contributed by atoms with Gasteiger partial charge in [0.25, 0.3) is 0 Å². The number of thioether (sulfide) groups is 1. The maximum atomic E-state index is 13.3. The van der Waals surface area contributed by atoms with E-state index < -0.39 is 17.7 Å². The van der Waals surface area contributed by atoms with Gasteiger partial charge in [0, 0.05) is 17.9 Å². The van der Waals surface area contributed by atoms with E-state index in [9.17, 15) is 17.6 Å². The summed E-state index contributed by atoms with van der Waals surface area (Å²) in [6.07, 6.45) is -4.65. The fourth-order valence-corrected chi connectivity index (χ4v) is 3.16. The van der Waals surface area contributed by atoms with Crippen LogP contribution in [0.3, 0.4) is 0 Å². The van der Waals surface area contributed by atoms with Crippen molar-refractivity contribution in [2.24, 2.45) is 0 Å². The quantitative estimate of drug-likeness (QED) is 0.301. The molecule has 3 aromatic rings. The van der Waals surface area contributed by atoms with Crippen LogP contribution < -0.4 is 4.74 Å². The monoisotopic (exact) mass is 394 g/mol. The van der Waals surface area contributed by atoms with E-state index in [1.165, 1.54) is 18.2 Å². The van der Waals surface area contributed by atoms with Crippen LogP contribution in [0.5, 0.6) is 11.6 Å². The topological polar surface area (TPSA) is 35.0 Å². The summed E-state index contributed by atoms with van der Waals surface area (Å²) in [6, 6.07) is 13.3. The average Bonchev–Trinajstić information content (AvgIpc) is 2.60. The Hall–Kier alpha value is -2.61. The van der Waals surface area contributed by atoms with Crippen molar-refractivity contribution in [1.82, 2.24) is 9.97 Å². The van der Waals surface area contributed by atoms with Crippen LogP contribution >= 0.6 is 11.8 Å². The second-order valence-electron chi connectivity index (χ2n) is 5.65. The molecule has 0 N–H and O–H groups in total. The zero-order valence-electron chi connectivity index (χ0n) is 14.1. The average molecular weight is 394 g/mol. The van der Waals surface area contributed by atoms with Gasteiger partial charge in [-0.3, -0.25) is 0 Å². The van der Waals surface area contributed by atoms with Gasteiger partial charge >= 0.3 is 6.18 Å². The van der Waals surface area contributed by atoms with Crippen molar-refractivity contribution in [3.8, 4) is 11.6 Å². The van der Waals surface area contributed by atoms with E-state index in [4.69, 9.17) is 4.74 Å². The molecule has 0 saturated carbocycles. The van der Waals surface area contributed by atoms with Crippen LogP contribution in [0.2, 0.25) is 0 Å². The summed E-state index contributed by atoms with van der Waals surface area (Å²) in [4.78, 5) is 7.61. The maximum Gasteiger partial charge on any atom is 0.433 e. The number of hydrogen-bond donors (Lipinski definition) is 0. The zero-order chi connectivity index (χ0) is 19.4. The molecular formula is C19H14F4N2OS. The Morgan fingerprint density at radius 2 is 1.78 bits per heavy atom. The molecule has 3 nitrogen and oxygen atoms in total. The van der Waals surface area contributed by atoms with E-state index in [1.807, 2.05) is 31.2 Å². The van der Waals surface area contributed by atoms with Gasteiger partial charge < -0.3 is 4.74 Å². The fraction of sp³-hybridized carbons (Fsp3) is 0.158. The molecule has 0 fully saturated rings. The Morgan fingerprint density at radius 1 is 1.00 bits per heavy atom. The molecule has 0 unspecified atom stereocenters. The van der Waals surface area contributed by atoms with Gasteiger partial charge in [-0.05, 0) is 30.2 Å². The molecule has 3 rings (SSSR count). The molecule has 1 aromatic heterocycles. The molecular weight excluding hydrogens is 380 g/mol. The SMILES string of the molecule is Cc1ccccc1CSc1nc(Oc2cccc(F)c2)cc(C(F)(F)F)n1. The summed E-state index contributed by atoms with van der Waals surface area (Å²) in [5, 5.41) is -0.0699. The van der Waals surface area contributed by atoms with E-state index in [-0.39, 0.29) is 16.8 Å². The second kappa shape index (κ2) is 7.96. The normalized spacial score (nSPS) is 11.4. The number of ether oxygens (including phenoxy) is 1. The molecule has 0 atom stereocenters. The second-order valence-corrected chi connectivity index (χ2v) is 6.59. The standard InChI is InChI=1S/C19H14F4N2OS/c1-12-5-2-3-6-13(12)11-27-18-24-16(19(21,22)23)10-17(25-18)26-15-8-4-7-14(20)9-15/h2-10H,11H2,1H3. The number of hydrogen-bond acceptors (Lipinski definition) is 4. The molecule has 0 amide bonds. The minimum Gasteiger partial charge on any atom is -0.439 e. The van der Waals surface area contributed by atoms with Crippen LogP contribution in [-0.4, -0.2) is 9.97 Å². The third-order valence-corrected chi connectivity index (χ3v) is 4.51. The van der Waals surface area contributed by atoms with Crippen molar-refractivity contribution in [2.75, 3.05) is 0 Å². The molecule has 8 heteroatoms. The smallest absolute Gasteiger partial charge is 0.433 e. The van der Waals surface area contributed by atoms with E-state index in [0.29, 0.717) is 11.8 Å². The number of halogens is 4. The Balaban J connectivity index is 1.87. The maximum absolute atomic E-state index is 13.3. The highest BCUT2D eigenvalue weighted by atomic mass is 32.2. The Labute approximate surface area is 157 Å². The lowest BCUT2D eigenvalue weighted by Gasteiger charge is -2.11. The van der Waals surface area contributed by atoms with Crippen LogP contribution in [0, 0.1) is 12.7 Å². The van der Waals surface area contributed by atoms with E-state index in [0.717, 1.165) is 29.0 Å². The summed E-state index contributed by atoms with van der Waals surface area (Å²) in [5.74, 6) is -0.397. The highest BCUT2D eigenvalue weighted by molar-refractivity contribution is 7.98. The molecule has 0 saturated heterocycles. The van der Waals surface area contributed by atoms with Crippen molar-refractivity contribution >= 4 is 11.8 Å². The first-order valence-electron chi connectivity index (χ1n) is 7.88. The van der Waals surface area contributed by atoms with Crippen molar-refractivity contribution in [2.45, 2.75) is 24.0 Å². The minimum atomic E-state index is -4.65. The highest BCUT2D eigenvalue weighted by Gasteiger charge is 2.34. The van der Waals surface area contributed by atoms with Gasteiger partial charge in [0.15, 0.2) is 10.9 Å². The third kappa shape index (κ3) is 5.19. The van der Waals surface area contributed by atoms with Crippen molar-refractivity contribution in [1.29, 1.82) is 0 Å². The van der Waals surface area contributed by atoms with E-state index in [1.54, 1.807) is 0 Å². The van der Waals surface area contributed by atoms with Gasteiger partial charge in [0.2, 0.25) is 5.88 Å². The lowest BCUT2D eigenvalue weighted by Crippen LogP contribution is -2.10. The number of nitrogens with zero attached hydrogens (tertiary/aromatic N) is 2. The van der Waals surface area contributed by atoms with Crippen LogP contribution in [0.15, 0.2) is 59.8 Å². The van der Waals surface area contributed by atoms with Gasteiger partial charge in [-0.2, -0.15) is 18.2 Å². The highest BCUT2D eigenvalue weighted by Crippen LogP contribution is 2.33. The number of alkyl halides is 3. The van der Waals surface area contributed by atoms with Gasteiger partial charge in [-0.1, -0.05) is 42.1 Å². The summed E-state index contributed by atoms with van der Waals surface area (Å²) >= 11 is 1.07. The number of rotatable bonds is 5. The first-order valence-corrected chi connectivity index (χ1v) is 8.87. The lowest BCUT2D eigenvalue weighted by atomic mass is 10.1. The van der Waals surface area contributed by atoms with E-state index in [2.05, 4.69) is 9.97 Å². The molecule has 0 aliphatic carbocycles. The summed E-state index contributed by atoms with van der Waals surface area (Å²) < 4.78 is 58.1. The van der Waals surface area contributed by atoms with Crippen LogP contribution in [0.1, 0.15) is 16.8 Å². The zero-order valence-corrected chi connectivity index (χ0v) is 14.9. The van der Waals surface area contributed by atoms with Gasteiger partial charge in [-0.25, -0.2) is 9.37 Å². The molecule has 140 valence electrons. The molecule has 0 aliphatic heterocycles. The van der Waals surface area contributed by atoms with Gasteiger partial charge in [0.1, 0.15) is 11.6 Å². The predicted octanol–water partition coefficient (Wildman–Crippen LogP) is 6.03.